The number of hydrogen-bond acceptors (Lipinski definition) is 2. The van der Waals surface area contributed by atoms with E-state index in [0.29, 0.717) is 18.9 Å². The van der Waals surface area contributed by atoms with E-state index in [1.54, 1.807) is 11.8 Å². The highest BCUT2D eigenvalue weighted by Crippen LogP contribution is 2.19. The number of aliphatic hydroxyl groups is 1. The van der Waals surface area contributed by atoms with Crippen molar-refractivity contribution in [3.8, 4) is 0 Å². The Hall–Kier alpha value is -0.0900. The predicted octanol–water partition coefficient (Wildman–Crippen LogP) is 0.611. The van der Waals surface area contributed by atoms with Gasteiger partial charge >= 0.3 is 0 Å². The van der Waals surface area contributed by atoms with Crippen LogP contribution in [0.3, 0.4) is 0 Å². The second-order valence-electron chi connectivity index (χ2n) is 3.37. The van der Waals surface area contributed by atoms with Crippen molar-refractivity contribution in [3.63, 3.8) is 0 Å². The van der Waals surface area contributed by atoms with Crippen molar-refractivity contribution in [1.29, 1.82) is 0 Å². The van der Waals surface area contributed by atoms with E-state index < -0.39 is 6.10 Å². The lowest BCUT2D eigenvalue weighted by Gasteiger charge is -2.17. The highest BCUT2D eigenvalue weighted by molar-refractivity contribution is 9.09. The van der Waals surface area contributed by atoms with Gasteiger partial charge in [-0.15, -0.1) is 0 Å². The summed E-state index contributed by atoms with van der Waals surface area (Å²) < 4.78 is 0. The van der Waals surface area contributed by atoms with E-state index in [4.69, 9.17) is 5.11 Å². The molecule has 0 aromatic carbocycles. The molecule has 3 nitrogen and oxygen atoms in total. The molecular weight excluding hydrogens is 222 g/mol. The number of carbonyl (C=O) groups excluding carboxylic acids is 1. The van der Waals surface area contributed by atoms with Crippen LogP contribution in [0.4, 0.5) is 0 Å². The van der Waals surface area contributed by atoms with Gasteiger partial charge in [0, 0.05) is 24.8 Å². The molecular formula is C8H14BrNO2. The third-order valence-corrected chi connectivity index (χ3v) is 2.91. The molecule has 1 saturated heterocycles. The van der Waals surface area contributed by atoms with Crippen LogP contribution in [0.1, 0.15) is 13.3 Å². The van der Waals surface area contributed by atoms with E-state index in [0.717, 1.165) is 11.9 Å². The molecule has 0 spiro atoms. The quantitative estimate of drug-likeness (QED) is 0.729. The Morgan fingerprint density at radius 1 is 1.83 bits per heavy atom. The van der Waals surface area contributed by atoms with Crippen LogP contribution in [-0.4, -0.2) is 40.4 Å². The number of likely N-dealkylation sites (tertiary alicyclic amines) is 1. The standard InChI is InChI=1S/C8H14BrNO2/c1-6(11)4-10-5-7(3-9)2-8(10)12/h6-7,11H,2-5H2,1H3. The summed E-state index contributed by atoms with van der Waals surface area (Å²) in [6.45, 7) is 2.96. The Labute approximate surface area is 80.9 Å². The third kappa shape index (κ3) is 2.45. The van der Waals surface area contributed by atoms with Gasteiger partial charge in [0.1, 0.15) is 0 Å². The number of alkyl halides is 1. The van der Waals surface area contributed by atoms with Crippen molar-refractivity contribution in [2.24, 2.45) is 5.92 Å². The smallest absolute Gasteiger partial charge is 0.223 e. The molecule has 1 N–H and O–H groups in total. The molecule has 0 aromatic heterocycles. The third-order valence-electron chi connectivity index (χ3n) is 2.00. The molecule has 1 aliphatic rings. The second kappa shape index (κ2) is 4.23. The van der Waals surface area contributed by atoms with Crippen LogP contribution in [-0.2, 0) is 4.79 Å². The van der Waals surface area contributed by atoms with E-state index in [9.17, 15) is 4.79 Å². The van der Waals surface area contributed by atoms with Gasteiger partial charge in [0.15, 0.2) is 0 Å². The predicted molar refractivity (Wildman–Crippen MR) is 50.2 cm³/mol. The first-order chi connectivity index (χ1) is 5.63. The van der Waals surface area contributed by atoms with E-state index in [1.165, 1.54) is 0 Å². The maximum Gasteiger partial charge on any atom is 0.223 e. The molecule has 1 aliphatic heterocycles. The van der Waals surface area contributed by atoms with Gasteiger partial charge in [0.25, 0.3) is 0 Å². The molecule has 1 fully saturated rings. The van der Waals surface area contributed by atoms with E-state index >= 15 is 0 Å². The monoisotopic (exact) mass is 235 g/mol. The molecule has 1 heterocycles. The number of carbonyl (C=O) groups is 1. The zero-order valence-corrected chi connectivity index (χ0v) is 8.75. The molecule has 12 heavy (non-hydrogen) atoms. The van der Waals surface area contributed by atoms with E-state index in [-0.39, 0.29) is 5.91 Å². The van der Waals surface area contributed by atoms with Gasteiger partial charge in [-0.25, -0.2) is 0 Å². The first-order valence-electron chi connectivity index (χ1n) is 4.15. The zero-order chi connectivity index (χ0) is 9.14. The maximum absolute atomic E-state index is 11.3. The average molecular weight is 236 g/mol. The summed E-state index contributed by atoms with van der Waals surface area (Å²) in [6, 6.07) is 0. The molecule has 0 aliphatic carbocycles. The minimum atomic E-state index is -0.414. The SMILES string of the molecule is CC(O)CN1CC(CBr)CC1=O. The number of β-amino-alcohol motifs (C(OH)–C–C–N with tert-alkyl or cyclic N) is 1. The van der Waals surface area contributed by atoms with Crippen molar-refractivity contribution >= 4 is 21.8 Å². The Bertz CT molecular complexity index is 172. The number of amides is 1. The van der Waals surface area contributed by atoms with E-state index in [1.807, 2.05) is 0 Å². The van der Waals surface area contributed by atoms with Gasteiger partial charge in [0.2, 0.25) is 5.91 Å². The summed E-state index contributed by atoms with van der Waals surface area (Å²) >= 11 is 3.36. The Morgan fingerprint density at radius 3 is 2.92 bits per heavy atom. The highest BCUT2D eigenvalue weighted by Gasteiger charge is 2.28. The van der Waals surface area contributed by atoms with Crippen LogP contribution in [0.5, 0.6) is 0 Å². The maximum atomic E-state index is 11.3. The Morgan fingerprint density at radius 2 is 2.50 bits per heavy atom. The van der Waals surface area contributed by atoms with Crippen LogP contribution < -0.4 is 0 Å². The fraction of sp³-hybridized carbons (Fsp3) is 0.875. The van der Waals surface area contributed by atoms with Crippen LogP contribution in [0.15, 0.2) is 0 Å². The normalized spacial score (nSPS) is 26.4. The molecule has 0 radical (unpaired) electrons. The number of hydrogen-bond donors (Lipinski definition) is 1. The minimum absolute atomic E-state index is 0.167. The lowest BCUT2D eigenvalue weighted by molar-refractivity contribution is -0.128. The summed E-state index contributed by atoms with van der Waals surface area (Å²) in [5.41, 5.74) is 0. The molecule has 0 bridgehead atoms. The lowest BCUT2D eigenvalue weighted by Crippen LogP contribution is -2.32. The second-order valence-corrected chi connectivity index (χ2v) is 4.02. The average Bonchev–Trinajstić information content (AvgIpc) is 2.31. The number of rotatable bonds is 3. The molecule has 2 atom stereocenters. The largest absolute Gasteiger partial charge is 0.392 e. The van der Waals surface area contributed by atoms with Crippen LogP contribution in [0.25, 0.3) is 0 Å². The molecule has 0 aromatic rings. The molecule has 2 unspecified atom stereocenters. The number of aliphatic hydroxyl groups excluding tert-OH is 1. The summed E-state index contributed by atoms with van der Waals surface area (Å²) in [7, 11) is 0. The summed E-state index contributed by atoms with van der Waals surface area (Å²) in [6.07, 6.45) is 0.209. The molecule has 0 saturated carbocycles. The summed E-state index contributed by atoms with van der Waals surface area (Å²) in [4.78, 5) is 13.0. The van der Waals surface area contributed by atoms with Crippen molar-refractivity contribution in [1.82, 2.24) is 4.90 Å². The molecule has 70 valence electrons. The van der Waals surface area contributed by atoms with Crippen molar-refractivity contribution in [2.75, 3.05) is 18.4 Å². The fourth-order valence-electron chi connectivity index (χ4n) is 1.45. The zero-order valence-electron chi connectivity index (χ0n) is 7.16. The number of halogens is 1. The van der Waals surface area contributed by atoms with Gasteiger partial charge in [-0.3, -0.25) is 4.79 Å². The fourth-order valence-corrected chi connectivity index (χ4v) is 1.89. The first-order valence-corrected chi connectivity index (χ1v) is 5.27. The van der Waals surface area contributed by atoms with Gasteiger partial charge in [-0.1, -0.05) is 15.9 Å². The van der Waals surface area contributed by atoms with Crippen LogP contribution in [0, 0.1) is 5.92 Å². The van der Waals surface area contributed by atoms with Gasteiger partial charge in [0.05, 0.1) is 6.10 Å². The topological polar surface area (TPSA) is 40.5 Å². The van der Waals surface area contributed by atoms with Crippen molar-refractivity contribution in [2.45, 2.75) is 19.4 Å². The minimum Gasteiger partial charge on any atom is -0.392 e. The van der Waals surface area contributed by atoms with Crippen molar-refractivity contribution in [3.05, 3.63) is 0 Å². The van der Waals surface area contributed by atoms with E-state index in [2.05, 4.69) is 15.9 Å². The lowest BCUT2D eigenvalue weighted by atomic mass is 10.2. The number of nitrogens with zero attached hydrogens (tertiary/aromatic N) is 1. The van der Waals surface area contributed by atoms with Crippen molar-refractivity contribution < 1.29 is 9.90 Å². The summed E-state index contributed by atoms with van der Waals surface area (Å²) in [5.74, 6) is 0.594. The highest BCUT2D eigenvalue weighted by atomic mass is 79.9. The molecule has 1 amide bonds. The first kappa shape index (κ1) is 9.99. The van der Waals surface area contributed by atoms with Crippen LogP contribution >= 0.6 is 15.9 Å². The Kier molecular flexibility index (Phi) is 3.53. The van der Waals surface area contributed by atoms with Crippen LogP contribution in [0.2, 0.25) is 0 Å². The van der Waals surface area contributed by atoms with Gasteiger partial charge in [-0.2, -0.15) is 0 Å². The Balaban J connectivity index is 2.41. The van der Waals surface area contributed by atoms with Gasteiger partial charge < -0.3 is 10.0 Å². The molecule has 4 heteroatoms. The van der Waals surface area contributed by atoms with Gasteiger partial charge in [-0.05, 0) is 12.8 Å². The molecule has 1 rings (SSSR count). The summed E-state index contributed by atoms with van der Waals surface area (Å²) in [5, 5.41) is 9.95.